The summed E-state index contributed by atoms with van der Waals surface area (Å²) in [4.78, 5) is 69.6. The van der Waals surface area contributed by atoms with Gasteiger partial charge < -0.3 is 30.1 Å². The maximum Gasteiger partial charge on any atom is 0.355 e. The lowest BCUT2D eigenvalue weighted by atomic mass is 9.92. The van der Waals surface area contributed by atoms with Crippen molar-refractivity contribution in [2.24, 2.45) is 23.7 Å². The van der Waals surface area contributed by atoms with Gasteiger partial charge in [-0.25, -0.2) is 9.78 Å². The van der Waals surface area contributed by atoms with E-state index in [4.69, 9.17) is 9.47 Å². The van der Waals surface area contributed by atoms with Crippen molar-refractivity contribution in [1.29, 1.82) is 0 Å². The summed E-state index contributed by atoms with van der Waals surface area (Å²) in [6.45, 7) is 15.0. The molecule has 1 rings (SSSR count). The Kier molecular flexibility index (Phi) is 17.9. The highest BCUT2D eigenvalue weighted by Gasteiger charge is 2.38. The quantitative estimate of drug-likeness (QED) is 0.0954. The number of aromatic nitrogens is 1. The maximum atomic E-state index is 14.4. The predicted molar refractivity (Wildman–Crippen MR) is 172 cm³/mol. The first kappa shape index (κ1) is 40.0. The number of ether oxygens (including phenoxy) is 2. The Balaban J connectivity index is 3.47. The van der Waals surface area contributed by atoms with Gasteiger partial charge in [0.05, 0.1) is 0 Å². The lowest BCUT2D eigenvalue weighted by molar-refractivity contribution is -0.160. The van der Waals surface area contributed by atoms with Crippen LogP contribution in [0.25, 0.3) is 0 Å². The van der Waals surface area contributed by atoms with Crippen LogP contribution in [0.2, 0.25) is 0 Å². The SMILES string of the molecule is CC[C@H](C)[C@H](NC(=O)[C@H](C)CCCCNC)C(=O)N(COC(=O)CC(C)C)[C@H](C[C@@H](OC(C)=O)c1nc(C(=O)O)cs1)C(C)C. The van der Waals surface area contributed by atoms with Gasteiger partial charge in [-0.1, -0.05) is 61.3 Å². The number of rotatable bonds is 21. The fraction of sp³-hybridized carbons (Fsp3) is 0.750. The number of esters is 2. The van der Waals surface area contributed by atoms with E-state index in [0.29, 0.717) is 12.8 Å². The van der Waals surface area contributed by atoms with E-state index >= 15 is 0 Å². The van der Waals surface area contributed by atoms with Gasteiger partial charge in [0.25, 0.3) is 0 Å². The van der Waals surface area contributed by atoms with Crippen LogP contribution >= 0.6 is 11.3 Å². The number of aromatic carboxylic acids is 1. The fourth-order valence-electron chi connectivity index (χ4n) is 4.81. The van der Waals surface area contributed by atoms with E-state index in [9.17, 15) is 29.1 Å². The van der Waals surface area contributed by atoms with E-state index < -0.39 is 42.0 Å². The number of amides is 2. The average molecular weight is 655 g/mol. The van der Waals surface area contributed by atoms with Crippen molar-refractivity contribution in [3.8, 4) is 0 Å². The summed E-state index contributed by atoms with van der Waals surface area (Å²) in [6, 6.07) is -1.52. The maximum absolute atomic E-state index is 14.4. The highest BCUT2D eigenvalue weighted by Crippen LogP contribution is 2.31. The molecule has 2 amide bonds. The first-order valence-corrected chi connectivity index (χ1v) is 16.8. The van der Waals surface area contributed by atoms with Crippen molar-refractivity contribution in [2.75, 3.05) is 20.3 Å². The van der Waals surface area contributed by atoms with Crippen LogP contribution in [-0.4, -0.2) is 77.1 Å². The van der Waals surface area contributed by atoms with Crippen LogP contribution in [0.1, 0.15) is 116 Å². The Morgan fingerprint density at radius 3 is 2.24 bits per heavy atom. The third kappa shape index (κ3) is 13.9. The average Bonchev–Trinajstić information content (AvgIpc) is 3.46. The van der Waals surface area contributed by atoms with Crippen LogP contribution in [0.3, 0.4) is 0 Å². The van der Waals surface area contributed by atoms with Gasteiger partial charge in [-0.3, -0.25) is 19.2 Å². The van der Waals surface area contributed by atoms with E-state index in [0.717, 1.165) is 30.7 Å². The zero-order valence-corrected chi connectivity index (χ0v) is 29.2. The normalized spacial score (nSPS) is 14.7. The molecule has 0 aromatic carbocycles. The number of nitrogens with one attached hydrogen (secondary N) is 2. The zero-order chi connectivity index (χ0) is 34.3. The third-order valence-corrected chi connectivity index (χ3v) is 8.65. The second-order valence-electron chi connectivity index (χ2n) is 12.4. The number of thiazole rings is 1. The summed E-state index contributed by atoms with van der Waals surface area (Å²) < 4.78 is 11.2. The molecular weight excluding hydrogens is 600 g/mol. The van der Waals surface area contributed by atoms with Crippen LogP contribution in [0.15, 0.2) is 5.38 Å². The van der Waals surface area contributed by atoms with Gasteiger partial charge in [-0.15, -0.1) is 11.3 Å². The molecule has 3 N–H and O–H groups in total. The van der Waals surface area contributed by atoms with Gasteiger partial charge in [-0.2, -0.15) is 0 Å². The first-order valence-electron chi connectivity index (χ1n) is 15.9. The van der Waals surface area contributed by atoms with Crippen molar-refractivity contribution in [2.45, 2.75) is 112 Å². The van der Waals surface area contributed by atoms with Crippen molar-refractivity contribution < 1.29 is 38.6 Å². The van der Waals surface area contributed by atoms with E-state index in [-0.39, 0.29) is 59.9 Å². The summed E-state index contributed by atoms with van der Waals surface area (Å²) in [5.41, 5.74) is -0.177. The molecule has 0 aliphatic rings. The predicted octanol–water partition coefficient (Wildman–Crippen LogP) is 4.79. The topological polar surface area (TPSA) is 164 Å². The Labute approximate surface area is 272 Å². The summed E-state index contributed by atoms with van der Waals surface area (Å²) in [5, 5.41) is 17.1. The monoisotopic (exact) mass is 654 g/mol. The van der Waals surface area contributed by atoms with Gasteiger partial charge in [0.2, 0.25) is 11.8 Å². The molecule has 0 aliphatic carbocycles. The van der Waals surface area contributed by atoms with Gasteiger partial charge in [0.1, 0.15) is 11.0 Å². The molecule has 0 bridgehead atoms. The van der Waals surface area contributed by atoms with Crippen molar-refractivity contribution in [3.05, 3.63) is 16.1 Å². The van der Waals surface area contributed by atoms with Gasteiger partial charge in [0, 0.05) is 37.1 Å². The van der Waals surface area contributed by atoms with Crippen LogP contribution < -0.4 is 10.6 Å². The summed E-state index contributed by atoms with van der Waals surface area (Å²) in [6.07, 6.45) is 2.36. The molecule has 1 aromatic rings. The largest absolute Gasteiger partial charge is 0.476 e. The Morgan fingerprint density at radius 1 is 1.07 bits per heavy atom. The molecule has 0 saturated heterocycles. The number of carboxylic acid groups (broad SMARTS) is 1. The number of hydrogen-bond acceptors (Lipinski definition) is 10. The third-order valence-electron chi connectivity index (χ3n) is 7.71. The molecule has 0 spiro atoms. The number of carbonyl (C=O) groups excluding carboxylic acids is 4. The zero-order valence-electron chi connectivity index (χ0n) is 28.4. The van der Waals surface area contributed by atoms with E-state index in [1.165, 1.54) is 17.2 Å². The second kappa shape index (κ2) is 20.1. The van der Waals surface area contributed by atoms with Crippen LogP contribution in [0.4, 0.5) is 0 Å². The van der Waals surface area contributed by atoms with Crippen molar-refractivity contribution >= 4 is 41.1 Å². The molecule has 256 valence electrons. The van der Waals surface area contributed by atoms with Crippen LogP contribution in [-0.2, 0) is 28.7 Å². The minimum absolute atomic E-state index is 0.0472. The van der Waals surface area contributed by atoms with Crippen LogP contribution in [0, 0.1) is 23.7 Å². The molecule has 0 unspecified atom stereocenters. The minimum atomic E-state index is -1.21. The van der Waals surface area contributed by atoms with Crippen LogP contribution in [0.5, 0.6) is 0 Å². The summed E-state index contributed by atoms with van der Waals surface area (Å²) in [7, 11) is 1.88. The van der Waals surface area contributed by atoms with Crippen molar-refractivity contribution in [3.63, 3.8) is 0 Å². The smallest absolute Gasteiger partial charge is 0.355 e. The minimum Gasteiger partial charge on any atom is -0.476 e. The molecule has 0 radical (unpaired) electrons. The molecule has 13 heteroatoms. The lowest BCUT2D eigenvalue weighted by Gasteiger charge is -2.39. The van der Waals surface area contributed by atoms with Crippen molar-refractivity contribution in [1.82, 2.24) is 20.5 Å². The number of unbranched alkanes of at least 4 members (excludes halogenated alkanes) is 1. The standard InChI is InChI=1S/C32H54N4O8S/c1-10-21(6)28(35-29(39)22(7)13-11-12-14-33-9)31(40)36(18-43-27(38)15-19(2)3)25(20(4)5)16-26(44-23(8)37)30-34-24(17-45-30)32(41)42/h17,19-22,25-26,28,33H,10-16,18H2,1-9H3,(H,35,39)(H,41,42)/t21-,22+,25+,26+,28-/m0/s1. The highest BCUT2D eigenvalue weighted by atomic mass is 32.1. The molecule has 45 heavy (non-hydrogen) atoms. The molecule has 5 atom stereocenters. The second-order valence-corrected chi connectivity index (χ2v) is 13.3. The summed E-state index contributed by atoms with van der Waals surface area (Å²) in [5.74, 6) is -3.61. The van der Waals surface area contributed by atoms with E-state index in [1.54, 1.807) is 0 Å². The number of carbonyl (C=O) groups is 5. The fourth-order valence-corrected chi connectivity index (χ4v) is 5.64. The van der Waals surface area contributed by atoms with Gasteiger partial charge in [0.15, 0.2) is 18.5 Å². The van der Waals surface area contributed by atoms with Gasteiger partial charge in [-0.05, 0) is 44.2 Å². The molecule has 1 heterocycles. The number of carboxylic acids is 1. The lowest BCUT2D eigenvalue weighted by Crippen LogP contribution is -2.57. The molecule has 0 aliphatic heterocycles. The molecular formula is C32H54N4O8S. The number of hydrogen-bond donors (Lipinski definition) is 3. The molecule has 0 saturated carbocycles. The Morgan fingerprint density at radius 2 is 1.73 bits per heavy atom. The molecule has 0 fully saturated rings. The van der Waals surface area contributed by atoms with E-state index in [2.05, 4.69) is 15.6 Å². The Bertz CT molecular complexity index is 1110. The van der Waals surface area contributed by atoms with Gasteiger partial charge >= 0.3 is 17.9 Å². The number of nitrogens with zero attached hydrogens (tertiary/aromatic N) is 2. The van der Waals surface area contributed by atoms with E-state index in [1.807, 2.05) is 55.5 Å². The first-order chi connectivity index (χ1) is 21.1. The molecule has 1 aromatic heterocycles. The Hall–Kier alpha value is -3.06. The highest BCUT2D eigenvalue weighted by molar-refractivity contribution is 7.09. The summed E-state index contributed by atoms with van der Waals surface area (Å²) >= 11 is 1.04. The molecule has 12 nitrogen and oxygen atoms in total.